The maximum atomic E-state index is 12.4. The monoisotopic (exact) mass is 323 g/mol. The molecule has 1 aromatic rings. The number of nitrogens with zero attached hydrogens (tertiary/aromatic N) is 1. The molecule has 0 spiro atoms. The van der Waals surface area contributed by atoms with Gasteiger partial charge in [0.05, 0.1) is 30.4 Å². The summed E-state index contributed by atoms with van der Waals surface area (Å²) in [6, 6.07) is 6.76. The van der Waals surface area contributed by atoms with E-state index in [1.807, 2.05) is 0 Å². The van der Waals surface area contributed by atoms with Crippen LogP contribution in [-0.4, -0.2) is 42.5 Å². The Morgan fingerprint density at radius 1 is 1.41 bits per heavy atom. The molecule has 1 aliphatic rings. The molecule has 1 saturated heterocycles. The van der Waals surface area contributed by atoms with Gasteiger partial charge in [0.2, 0.25) is 11.8 Å². The van der Waals surface area contributed by atoms with E-state index in [1.54, 1.807) is 31.2 Å². The summed E-state index contributed by atoms with van der Waals surface area (Å²) in [5.41, 5.74) is 0.480. The van der Waals surface area contributed by atoms with Gasteiger partial charge in [-0.05, 0) is 19.1 Å². The number of rotatable bonds is 6. The standard InChI is InChI=1S/C15H17NO5S/c1-3-21-14(18)9-22-12-8-13(17)16(15(12)19)10-5-4-6-11(7-10)20-2/h4-7,12H,3,8-9H2,1-2H3/t12-/m1/s1. The molecule has 6 nitrogen and oxygen atoms in total. The molecule has 0 unspecified atom stereocenters. The van der Waals surface area contributed by atoms with Crippen LogP contribution in [-0.2, 0) is 19.1 Å². The van der Waals surface area contributed by atoms with Gasteiger partial charge in [0.25, 0.3) is 0 Å². The van der Waals surface area contributed by atoms with Crippen molar-refractivity contribution in [3.63, 3.8) is 0 Å². The van der Waals surface area contributed by atoms with Crippen molar-refractivity contribution in [1.29, 1.82) is 0 Å². The maximum absolute atomic E-state index is 12.4. The molecule has 1 heterocycles. The number of esters is 1. The summed E-state index contributed by atoms with van der Waals surface area (Å²) < 4.78 is 9.92. The third-order valence-electron chi connectivity index (χ3n) is 3.12. The lowest BCUT2D eigenvalue weighted by atomic mass is 10.3. The van der Waals surface area contributed by atoms with Crippen molar-refractivity contribution in [3.05, 3.63) is 24.3 Å². The van der Waals surface area contributed by atoms with Crippen LogP contribution in [0.2, 0.25) is 0 Å². The van der Waals surface area contributed by atoms with Crippen LogP contribution in [0.1, 0.15) is 13.3 Å². The van der Waals surface area contributed by atoms with Gasteiger partial charge in [-0.25, -0.2) is 4.90 Å². The summed E-state index contributed by atoms with van der Waals surface area (Å²) in [4.78, 5) is 37.0. The molecule has 0 saturated carbocycles. The average Bonchev–Trinajstić information content (AvgIpc) is 2.80. The highest BCUT2D eigenvalue weighted by molar-refractivity contribution is 8.01. The van der Waals surface area contributed by atoms with Gasteiger partial charge in [-0.1, -0.05) is 6.07 Å². The second-order valence-electron chi connectivity index (χ2n) is 4.58. The molecule has 0 bridgehead atoms. The quantitative estimate of drug-likeness (QED) is 0.585. The van der Waals surface area contributed by atoms with Crippen LogP contribution in [0.4, 0.5) is 5.69 Å². The summed E-state index contributed by atoms with van der Waals surface area (Å²) in [5, 5.41) is -0.553. The van der Waals surface area contributed by atoms with E-state index >= 15 is 0 Å². The molecule has 1 aromatic carbocycles. The number of imide groups is 1. The van der Waals surface area contributed by atoms with Gasteiger partial charge in [0, 0.05) is 12.5 Å². The largest absolute Gasteiger partial charge is 0.497 e. The number of amides is 2. The van der Waals surface area contributed by atoms with E-state index in [0.717, 1.165) is 16.7 Å². The molecular formula is C15H17NO5S. The zero-order valence-electron chi connectivity index (χ0n) is 12.4. The third-order valence-corrected chi connectivity index (χ3v) is 4.30. The average molecular weight is 323 g/mol. The molecule has 0 radical (unpaired) electrons. The van der Waals surface area contributed by atoms with E-state index in [-0.39, 0.29) is 30.0 Å². The minimum atomic E-state index is -0.553. The Kier molecular flexibility index (Phi) is 5.43. The van der Waals surface area contributed by atoms with E-state index < -0.39 is 5.25 Å². The smallest absolute Gasteiger partial charge is 0.315 e. The van der Waals surface area contributed by atoms with Crippen LogP contribution in [0, 0.1) is 0 Å². The Balaban J connectivity index is 2.06. The van der Waals surface area contributed by atoms with Gasteiger partial charge in [-0.15, -0.1) is 11.8 Å². The Bertz CT molecular complexity index is 589. The number of thioether (sulfide) groups is 1. The number of hydrogen-bond acceptors (Lipinski definition) is 6. The first-order valence-electron chi connectivity index (χ1n) is 6.85. The van der Waals surface area contributed by atoms with Gasteiger partial charge < -0.3 is 9.47 Å². The normalized spacial score (nSPS) is 17.7. The molecule has 1 atom stereocenters. The predicted octanol–water partition coefficient (Wildman–Crippen LogP) is 1.62. The second kappa shape index (κ2) is 7.31. The molecule has 1 fully saturated rings. The number of anilines is 1. The van der Waals surface area contributed by atoms with Crippen LogP contribution in [0.15, 0.2) is 24.3 Å². The molecule has 2 rings (SSSR count). The lowest BCUT2D eigenvalue weighted by Crippen LogP contribution is -2.31. The Hall–Kier alpha value is -2.02. The minimum absolute atomic E-state index is 0.0590. The number of carbonyl (C=O) groups is 3. The lowest BCUT2D eigenvalue weighted by molar-refractivity contribution is -0.139. The number of hydrogen-bond donors (Lipinski definition) is 0. The van der Waals surface area contributed by atoms with Crippen LogP contribution in [0.25, 0.3) is 0 Å². The zero-order valence-corrected chi connectivity index (χ0v) is 13.2. The van der Waals surface area contributed by atoms with Crippen molar-refractivity contribution in [2.45, 2.75) is 18.6 Å². The molecule has 1 aliphatic heterocycles. The van der Waals surface area contributed by atoms with Crippen molar-refractivity contribution >= 4 is 35.2 Å². The topological polar surface area (TPSA) is 72.9 Å². The van der Waals surface area contributed by atoms with E-state index in [1.165, 1.54) is 7.11 Å². The second-order valence-corrected chi connectivity index (χ2v) is 5.77. The molecule has 0 aliphatic carbocycles. The first-order chi connectivity index (χ1) is 10.6. The summed E-state index contributed by atoms with van der Waals surface area (Å²) in [5.74, 6) is -0.343. The molecular weight excluding hydrogens is 306 g/mol. The summed E-state index contributed by atoms with van der Waals surface area (Å²) in [6.07, 6.45) is 0.0834. The molecule has 7 heteroatoms. The first kappa shape index (κ1) is 16.4. The Morgan fingerprint density at radius 2 is 2.18 bits per heavy atom. The van der Waals surface area contributed by atoms with Crippen molar-refractivity contribution in [1.82, 2.24) is 0 Å². The van der Waals surface area contributed by atoms with Gasteiger partial charge >= 0.3 is 5.97 Å². The number of carbonyl (C=O) groups excluding carboxylic acids is 3. The molecule has 0 N–H and O–H groups in total. The van der Waals surface area contributed by atoms with Crippen LogP contribution in [0.5, 0.6) is 5.75 Å². The van der Waals surface area contributed by atoms with Gasteiger partial charge in [0.1, 0.15) is 5.75 Å². The third kappa shape index (κ3) is 3.59. The van der Waals surface area contributed by atoms with E-state index in [4.69, 9.17) is 9.47 Å². The number of ether oxygens (including phenoxy) is 2. The fourth-order valence-electron chi connectivity index (χ4n) is 2.13. The van der Waals surface area contributed by atoms with Gasteiger partial charge in [-0.3, -0.25) is 14.4 Å². The van der Waals surface area contributed by atoms with Crippen molar-refractivity contribution < 1.29 is 23.9 Å². The van der Waals surface area contributed by atoms with Crippen molar-refractivity contribution in [2.24, 2.45) is 0 Å². The molecule has 22 heavy (non-hydrogen) atoms. The molecule has 2 amide bonds. The predicted molar refractivity (Wildman–Crippen MR) is 83.0 cm³/mol. The Morgan fingerprint density at radius 3 is 2.86 bits per heavy atom. The maximum Gasteiger partial charge on any atom is 0.315 e. The van der Waals surface area contributed by atoms with Crippen molar-refractivity contribution in [3.8, 4) is 5.75 Å². The zero-order chi connectivity index (χ0) is 16.1. The fraction of sp³-hybridized carbons (Fsp3) is 0.400. The molecule has 0 aromatic heterocycles. The van der Waals surface area contributed by atoms with E-state index in [2.05, 4.69) is 0 Å². The highest BCUT2D eigenvalue weighted by atomic mass is 32.2. The first-order valence-corrected chi connectivity index (χ1v) is 7.89. The van der Waals surface area contributed by atoms with E-state index in [0.29, 0.717) is 18.0 Å². The van der Waals surface area contributed by atoms with Crippen LogP contribution < -0.4 is 9.64 Å². The fourth-order valence-corrected chi connectivity index (χ4v) is 3.06. The lowest BCUT2D eigenvalue weighted by Gasteiger charge is -2.15. The minimum Gasteiger partial charge on any atom is -0.497 e. The SMILES string of the molecule is CCOC(=O)CS[C@@H]1CC(=O)N(c2cccc(OC)c2)C1=O. The van der Waals surface area contributed by atoms with Crippen LogP contribution in [0.3, 0.4) is 0 Å². The van der Waals surface area contributed by atoms with Crippen molar-refractivity contribution in [2.75, 3.05) is 24.4 Å². The number of benzene rings is 1. The van der Waals surface area contributed by atoms with Crippen LogP contribution >= 0.6 is 11.8 Å². The highest BCUT2D eigenvalue weighted by Gasteiger charge is 2.40. The highest BCUT2D eigenvalue weighted by Crippen LogP contribution is 2.31. The van der Waals surface area contributed by atoms with E-state index in [9.17, 15) is 14.4 Å². The number of methoxy groups -OCH3 is 1. The summed E-state index contributed by atoms with van der Waals surface area (Å²) in [7, 11) is 1.52. The summed E-state index contributed by atoms with van der Waals surface area (Å²) >= 11 is 1.13. The summed E-state index contributed by atoms with van der Waals surface area (Å²) in [6.45, 7) is 2.02. The van der Waals surface area contributed by atoms with Gasteiger partial charge in [-0.2, -0.15) is 0 Å². The Labute approximate surface area is 132 Å². The van der Waals surface area contributed by atoms with Gasteiger partial charge in [0.15, 0.2) is 0 Å². The molecule has 118 valence electrons.